The molecule has 0 aliphatic carbocycles. The van der Waals surface area contributed by atoms with E-state index in [9.17, 15) is 19.5 Å². The van der Waals surface area contributed by atoms with Crippen molar-refractivity contribution in [2.75, 3.05) is 46.0 Å². The molecule has 2 aliphatic rings. The van der Waals surface area contributed by atoms with Crippen LogP contribution in [0.5, 0.6) is 5.75 Å². The molecular weight excluding hydrogens is 530 g/mol. The smallest absolute Gasteiger partial charge is 0.295 e. The number of nitrogens with zero attached hydrogens (tertiary/aromatic N) is 2. The predicted molar refractivity (Wildman–Crippen MR) is 136 cm³/mol. The number of ether oxygens (including phenoxy) is 2. The summed E-state index contributed by atoms with van der Waals surface area (Å²) in [5, 5.41) is 11.1. The molecule has 9 nitrogen and oxygen atoms in total. The van der Waals surface area contributed by atoms with Crippen LogP contribution in [0.2, 0.25) is 0 Å². The minimum atomic E-state index is -0.761. The topological polar surface area (TPSA) is 122 Å². The van der Waals surface area contributed by atoms with E-state index < -0.39 is 23.6 Å². The average Bonchev–Trinajstić information content (AvgIpc) is 3.13. The number of hydrogen-bond donors (Lipinski definition) is 2. The van der Waals surface area contributed by atoms with Gasteiger partial charge in [0.05, 0.1) is 24.8 Å². The highest BCUT2D eigenvalue weighted by Crippen LogP contribution is 2.40. The number of nitrogens with two attached hydrogens (primary N) is 1. The monoisotopic (exact) mass is 557 g/mol. The van der Waals surface area contributed by atoms with Crippen LogP contribution in [0, 0.1) is 0 Å². The van der Waals surface area contributed by atoms with Crippen molar-refractivity contribution in [1.29, 1.82) is 0 Å². The molecule has 10 heteroatoms. The third-order valence-corrected chi connectivity index (χ3v) is 6.74. The van der Waals surface area contributed by atoms with Gasteiger partial charge in [0, 0.05) is 36.2 Å². The van der Waals surface area contributed by atoms with Gasteiger partial charge in [0.15, 0.2) is 6.61 Å². The molecule has 2 heterocycles. The second-order valence-electron chi connectivity index (χ2n) is 8.63. The Bertz CT molecular complexity index is 1140. The number of Topliss-reactive ketones (excluding diaryl/α,β-unsaturated/α-hetero) is 1. The summed E-state index contributed by atoms with van der Waals surface area (Å²) < 4.78 is 11.6. The number of carbonyl (C=O) groups is 3. The molecule has 0 aromatic heterocycles. The number of aliphatic hydroxyl groups excluding tert-OH is 1. The fourth-order valence-corrected chi connectivity index (χ4v) is 4.68. The second-order valence-corrected chi connectivity index (χ2v) is 9.55. The number of amides is 2. The number of ketones is 1. The molecule has 2 fully saturated rings. The molecule has 2 amide bonds. The number of aliphatic hydroxyl groups is 1. The molecule has 0 bridgehead atoms. The molecule has 1 unspecified atom stereocenters. The SMILES string of the molecule is NC(=O)COc1ccc(C2C(=C(O)c3ccc(Br)cc3)C(=O)C(=O)N2CCCN2CCOCC2)cc1. The van der Waals surface area contributed by atoms with Crippen LogP contribution >= 0.6 is 15.9 Å². The maximum absolute atomic E-state index is 13.2. The molecule has 2 aromatic rings. The van der Waals surface area contributed by atoms with Gasteiger partial charge in [0.2, 0.25) is 0 Å². The molecule has 3 N–H and O–H groups in total. The number of hydrogen-bond acceptors (Lipinski definition) is 7. The largest absolute Gasteiger partial charge is 0.507 e. The van der Waals surface area contributed by atoms with Gasteiger partial charge in [-0.05, 0) is 36.2 Å². The molecule has 190 valence electrons. The predicted octanol–water partition coefficient (Wildman–Crippen LogP) is 2.46. The second kappa shape index (κ2) is 11.7. The Labute approximate surface area is 217 Å². The van der Waals surface area contributed by atoms with E-state index in [-0.39, 0.29) is 17.9 Å². The quantitative estimate of drug-likeness (QED) is 0.276. The number of halogens is 1. The van der Waals surface area contributed by atoms with Crippen LogP contribution in [0.4, 0.5) is 0 Å². The van der Waals surface area contributed by atoms with E-state index in [2.05, 4.69) is 20.8 Å². The molecule has 36 heavy (non-hydrogen) atoms. The number of likely N-dealkylation sites (tertiary alicyclic amines) is 1. The molecule has 2 aliphatic heterocycles. The van der Waals surface area contributed by atoms with Gasteiger partial charge < -0.3 is 25.2 Å². The lowest BCUT2D eigenvalue weighted by atomic mass is 9.95. The van der Waals surface area contributed by atoms with Crippen molar-refractivity contribution >= 4 is 39.3 Å². The normalized spacial score (nSPS) is 20.0. The van der Waals surface area contributed by atoms with Gasteiger partial charge in [-0.3, -0.25) is 19.3 Å². The first-order valence-electron chi connectivity index (χ1n) is 11.7. The molecule has 0 saturated carbocycles. The van der Waals surface area contributed by atoms with Gasteiger partial charge in [-0.1, -0.05) is 40.2 Å². The molecule has 0 spiro atoms. The van der Waals surface area contributed by atoms with E-state index in [1.54, 1.807) is 48.5 Å². The van der Waals surface area contributed by atoms with Gasteiger partial charge in [0.25, 0.3) is 17.6 Å². The zero-order valence-corrected chi connectivity index (χ0v) is 21.3. The molecule has 0 radical (unpaired) electrons. The third-order valence-electron chi connectivity index (χ3n) is 6.21. The van der Waals surface area contributed by atoms with Crippen molar-refractivity contribution in [3.05, 3.63) is 69.7 Å². The lowest BCUT2D eigenvalue weighted by molar-refractivity contribution is -0.140. The van der Waals surface area contributed by atoms with Crippen LogP contribution in [0.1, 0.15) is 23.6 Å². The van der Waals surface area contributed by atoms with Crippen molar-refractivity contribution in [3.8, 4) is 5.75 Å². The van der Waals surface area contributed by atoms with Crippen molar-refractivity contribution < 1.29 is 29.0 Å². The van der Waals surface area contributed by atoms with Crippen molar-refractivity contribution in [2.24, 2.45) is 5.73 Å². The van der Waals surface area contributed by atoms with Gasteiger partial charge in [-0.2, -0.15) is 0 Å². The maximum Gasteiger partial charge on any atom is 0.295 e. The summed E-state index contributed by atoms with van der Waals surface area (Å²) in [5.74, 6) is -1.76. The summed E-state index contributed by atoms with van der Waals surface area (Å²) in [4.78, 5) is 41.1. The first-order chi connectivity index (χ1) is 17.3. The van der Waals surface area contributed by atoms with Gasteiger partial charge >= 0.3 is 0 Å². The standard InChI is InChI=1S/C26H28BrN3O6/c27-19-6-2-18(3-7-19)24(32)22-23(17-4-8-20(9-5-17)36-16-21(28)31)30(26(34)25(22)33)11-1-10-29-12-14-35-15-13-29/h2-9,23,32H,1,10-16H2,(H2,28,31). The highest BCUT2D eigenvalue weighted by molar-refractivity contribution is 9.10. The zero-order valence-electron chi connectivity index (χ0n) is 19.7. The Hall–Kier alpha value is -3.21. The van der Waals surface area contributed by atoms with Crippen molar-refractivity contribution in [1.82, 2.24) is 9.80 Å². The van der Waals surface area contributed by atoms with Crippen molar-refractivity contribution in [2.45, 2.75) is 12.5 Å². The highest BCUT2D eigenvalue weighted by Gasteiger charge is 2.45. The molecule has 2 saturated heterocycles. The minimum absolute atomic E-state index is 0.0412. The van der Waals surface area contributed by atoms with E-state index in [1.807, 2.05) is 0 Å². The number of benzene rings is 2. The minimum Gasteiger partial charge on any atom is -0.507 e. The van der Waals surface area contributed by atoms with Crippen LogP contribution < -0.4 is 10.5 Å². The van der Waals surface area contributed by atoms with Crippen LogP contribution in [-0.2, 0) is 19.1 Å². The van der Waals surface area contributed by atoms with E-state index in [0.29, 0.717) is 43.1 Å². The first-order valence-corrected chi connectivity index (χ1v) is 12.5. The summed E-state index contributed by atoms with van der Waals surface area (Å²) in [6, 6.07) is 12.8. The highest BCUT2D eigenvalue weighted by atomic mass is 79.9. The van der Waals surface area contributed by atoms with E-state index in [0.717, 1.165) is 24.1 Å². The summed E-state index contributed by atoms with van der Waals surface area (Å²) in [6.45, 7) is 3.89. The van der Waals surface area contributed by atoms with Gasteiger partial charge in [-0.25, -0.2) is 0 Å². The molecule has 1 atom stereocenters. The Morgan fingerprint density at radius 1 is 1.06 bits per heavy atom. The molecular formula is C26H28BrN3O6. The van der Waals surface area contributed by atoms with Crippen molar-refractivity contribution in [3.63, 3.8) is 0 Å². The van der Waals surface area contributed by atoms with E-state index in [4.69, 9.17) is 15.2 Å². The lowest BCUT2D eigenvalue weighted by Gasteiger charge is -2.29. The number of carbonyl (C=O) groups excluding carboxylic acids is 3. The zero-order chi connectivity index (χ0) is 25.7. The van der Waals surface area contributed by atoms with Crippen LogP contribution in [0.15, 0.2) is 58.6 Å². The summed E-state index contributed by atoms with van der Waals surface area (Å²) >= 11 is 3.37. The van der Waals surface area contributed by atoms with Crippen LogP contribution in [0.3, 0.4) is 0 Å². The summed E-state index contributed by atoms with van der Waals surface area (Å²) in [5.41, 5.74) is 6.27. The molecule has 2 aromatic carbocycles. The van der Waals surface area contributed by atoms with Crippen LogP contribution in [-0.4, -0.2) is 78.5 Å². The Kier molecular flexibility index (Phi) is 8.40. The average molecular weight is 558 g/mol. The lowest BCUT2D eigenvalue weighted by Crippen LogP contribution is -2.38. The maximum atomic E-state index is 13.2. The summed E-state index contributed by atoms with van der Waals surface area (Å²) in [7, 11) is 0. The summed E-state index contributed by atoms with van der Waals surface area (Å²) in [6.07, 6.45) is 0.668. The van der Waals surface area contributed by atoms with Gasteiger partial charge in [-0.15, -0.1) is 0 Å². The van der Waals surface area contributed by atoms with Crippen LogP contribution in [0.25, 0.3) is 5.76 Å². The van der Waals surface area contributed by atoms with Gasteiger partial charge in [0.1, 0.15) is 11.5 Å². The Balaban J connectivity index is 1.64. The third kappa shape index (κ3) is 5.95. The first kappa shape index (κ1) is 25.9. The Morgan fingerprint density at radius 3 is 2.36 bits per heavy atom. The Morgan fingerprint density at radius 2 is 1.72 bits per heavy atom. The van der Waals surface area contributed by atoms with E-state index >= 15 is 0 Å². The fourth-order valence-electron chi connectivity index (χ4n) is 4.41. The fraction of sp³-hybridized carbons (Fsp3) is 0.346. The number of primary amides is 1. The van der Waals surface area contributed by atoms with E-state index in [1.165, 1.54) is 4.90 Å². The number of rotatable bonds is 9. The molecule has 4 rings (SSSR count). The number of morpholine rings is 1.